The van der Waals surface area contributed by atoms with Gasteiger partial charge in [0.05, 0.1) is 11.3 Å². The minimum Gasteiger partial charge on any atom is -0.356 e. The predicted molar refractivity (Wildman–Crippen MR) is 186 cm³/mol. The molecule has 0 unspecified atom stereocenters. The zero-order valence-corrected chi connectivity index (χ0v) is 27.6. The molecule has 2 aliphatic rings. The topological polar surface area (TPSA) is 55.3 Å². The lowest BCUT2D eigenvalue weighted by molar-refractivity contribution is -0.137. The maximum atomic E-state index is 13.9. The highest BCUT2D eigenvalue weighted by molar-refractivity contribution is 5.81. The Balaban J connectivity index is 1.47. The van der Waals surface area contributed by atoms with E-state index in [1.807, 2.05) is 31.3 Å². The van der Waals surface area contributed by atoms with Crippen LogP contribution in [-0.2, 0) is 25.6 Å². The van der Waals surface area contributed by atoms with Gasteiger partial charge < -0.3 is 15.5 Å². The quantitative estimate of drug-likeness (QED) is 0.221. The predicted octanol–water partition coefficient (Wildman–Crippen LogP) is 7.86. The van der Waals surface area contributed by atoms with Crippen molar-refractivity contribution < 1.29 is 13.2 Å². The van der Waals surface area contributed by atoms with Gasteiger partial charge in [-0.3, -0.25) is 9.89 Å². The van der Waals surface area contributed by atoms with Gasteiger partial charge in [0.15, 0.2) is 0 Å². The summed E-state index contributed by atoms with van der Waals surface area (Å²) in [6.45, 7) is 12.2. The molecule has 0 aromatic heterocycles. The highest BCUT2D eigenvalue weighted by Gasteiger charge is 2.31. The summed E-state index contributed by atoms with van der Waals surface area (Å²) in [4.78, 5) is 13.2. The maximum Gasteiger partial charge on any atom is 0.416 e. The van der Waals surface area contributed by atoms with Gasteiger partial charge in [-0.15, -0.1) is 0 Å². The molecule has 0 radical (unpaired) electrons. The summed E-state index contributed by atoms with van der Waals surface area (Å²) < 4.78 is 41.8. The second kappa shape index (κ2) is 16.6. The fourth-order valence-corrected chi connectivity index (χ4v) is 5.66. The van der Waals surface area contributed by atoms with Crippen LogP contribution in [0.1, 0.15) is 60.9 Å². The monoisotopic (exact) mass is 632 g/mol. The van der Waals surface area contributed by atoms with Crippen molar-refractivity contribution in [3.05, 3.63) is 106 Å². The molecule has 2 aliphatic heterocycles. The van der Waals surface area contributed by atoms with Crippen LogP contribution in [0.4, 0.5) is 18.9 Å². The molecule has 2 aromatic carbocycles. The van der Waals surface area contributed by atoms with Gasteiger partial charge >= 0.3 is 6.18 Å². The number of alkyl halides is 3. The van der Waals surface area contributed by atoms with Crippen molar-refractivity contribution >= 4 is 23.8 Å². The summed E-state index contributed by atoms with van der Waals surface area (Å²) in [5.74, 6) is 0.789. The summed E-state index contributed by atoms with van der Waals surface area (Å²) in [7, 11) is 3.80. The molecule has 0 aliphatic carbocycles. The highest BCUT2D eigenvalue weighted by Crippen LogP contribution is 2.33. The number of rotatable bonds is 13. The number of hydrogen-bond donors (Lipinski definition) is 2. The van der Waals surface area contributed by atoms with Crippen LogP contribution < -0.4 is 10.6 Å². The number of piperazine rings is 1. The first kappa shape index (κ1) is 34.9. The van der Waals surface area contributed by atoms with Gasteiger partial charge in [-0.05, 0) is 104 Å². The van der Waals surface area contributed by atoms with Crippen molar-refractivity contribution in [1.82, 2.24) is 15.1 Å². The lowest BCUT2D eigenvalue weighted by Gasteiger charge is -2.32. The average Bonchev–Trinajstić information content (AvgIpc) is 3.26. The lowest BCUT2D eigenvalue weighted by Crippen LogP contribution is -2.43. The summed E-state index contributed by atoms with van der Waals surface area (Å²) in [6, 6.07) is 10.5. The maximum absolute atomic E-state index is 13.9. The molecule has 0 amide bonds. The molecule has 0 bridgehead atoms. The second-order valence-corrected chi connectivity index (χ2v) is 12.0. The first-order chi connectivity index (χ1) is 22.1. The van der Waals surface area contributed by atoms with Crippen LogP contribution in [0.2, 0.25) is 0 Å². The summed E-state index contributed by atoms with van der Waals surface area (Å²) >= 11 is 0. The second-order valence-electron chi connectivity index (χ2n) is 12.0. The third-order valence-electron chi connectivity index (χ3n) is 8.29. The molecule has 9 heteroatoms. The van der Waals surface area contributed by atoms with Crippen LogP contribution >= 0.6 is 0 Å². The van der Waals surface area contributed by atoms with Crippen LogP contribution in [0.25, 0.3) is 5.70 Å². The Hall–Kier alpha value is -3.95. The molecule has 1 saturated heterocycles. The van der Waals surface area contributed by atoms with Gasteiger partial charge in [-0.25, -0.2) is 4.99 Å². The van der Waals surface area contributed by atoms with Crippen LogP contribution in [0.15, 0.2) is 88.3 Å². The van der Waals surface area contributed by atoms with Gasteiger partial charge in [0.25, 0.3) is 0 Å². The van der Waals surface area contributed by atoms with Crippen LogP contribution in [0.3, 0.4) is 0 Å². The zero-order chi connectivity index (χ0) is 33.1. The first-order valence-electron chi connectivity index (χ1n) is 16.1. The Morgan fingerprint density at radius 1 is 1.00 bits per heavy atom. The molecule has 4 rings (SSSR count). The van der Waals surface area contributed by atoms with E-state index in [9.17, 15) is 13.2 Å². The van der Waals surface area contributed by atoms with E-state index < -0.39 is 11.7 Å². The molecular weight excluding hydrogens is 585 g/mol. The number of nitrogens with one attached hydrogen (secondary N) is 2. The van der Waals surface area contributed by atoms with E-state index in [-0.39, 0.29) is 0 Å². The summed E-state index contributed by atoms with van der Waals surface area (Å²) in [5.41, 5.74) is 6.22. The third-order valence-corrected chi connectivity index (χ3v) is 8.29. The molecule has 1 fully saturated rings. The minimum atomic E-state index is -4.44. The largest absolute Gasteiger partial charge is 0.416 e. The molecule has 46 heavy (non-hydrogen) atoms. The Kier molecular flexibility index (Phi) is 12.6. The number of hydrogen-bond acceptors (Lipinski definition) is 6. The van der Waals surface area contributed by atoms with E-state index in [0.29, 0.717) is 23.4 Å². The lowest BCUT2D eigenvalue weighted by atomic mass is 9.96. The summed E-state index contributed by atoms with van der Waals surface area (Å²) in [5, 5.41) is 6.62. The molecule has 246 valence electrons. The first-order valence-corrected chi connectivity index (χ1v) is 16.1. The van der Waals surface area contributed by atoms with Crippen molar-refractivity contribution in [2.75, 3.05) is 45.6 Å². The fraction of sp³-hybridized carbons (Fsp3) is 0.405. The van der Waals surface area contributed by atoms with Crippen molar-refractivity contribution in [3.63, 3.8) is 0 Å². The molecular formula is C37H47F3N6. The average molecular weight is 633 g/mol. The zero-order valence-electron chi connectivity index (χ0n) is 27.6. The number of halogens is 3. The molecule has 0 spiro atoms. The molecule has 6 nitrogen and oxygen atoms in total. The van der Waals surface area contributed by atoms with E-state index >= 15 is 0 Å². The van der Waals surface area contributed by atoms with Crippen molar-refractivity contribution in [1.29, 1.82) is 0 Å². The Labute approximate surface area is 272 Å². The van der Waals surface area contributed by atoms with Gasteiger partial charge in [-0.2, -0.15) is 13.2 Å². The van der Waals surface area contributed by atoms with Crippen LogP contribution in [0.5, 0.6) is 0 Å². The van der Waals surface area contributed by atoms with Crippen molar-refractivity contribution in [3.8, 4) is 0 Å². The SMILES string of the molecule is C=C(Nc1ccc(CCC)c(CCC2=CCC=C(N/C(C=NC)=C/C)N=C2)c1)c1cc(CN2CCN(C)CC2)cc(C(F)(F)F)c1. The highest BCUT2D eigenvalue weighted by atomic mass is 19.4. The van der Waals surface area contributed by atoms with Gasteiger partial charge in [0.2, 0.25) is 0 Å². The van der Waals surface area contributed by atoms with Crippen molar-refractivity contribution in [2.45, 2.75) is 58.7 Å². The van der Waals surface area contributed by atoms with Crippen LogP contribution in [0, 0.1) is 0 Å². The molecule has 2 aromatic rings. The van der Waals surface area contributed by atoms with Gasteiger partial charge in [0, 0.05) is 63.6 Å². The van der Waals surface area contributed by atoms with E-state index in [1.165, 1.54) is 23.3 Å². The number of nitrogens with zero attached hydrogens (tertiary/aromatic N) is 4. The Morgan fingerprint density at radius 2 is 1.78 bits per heavy atom. The van der Waals surface area contributed by atoms with Crippen molar-refractivity contribution in [2.24, 2.45) is 9.98 Å². The van der Waals surface area contributed by atoms with E-state index in [0.717, 1.165) is 81.1 Å². The standard InChI is InChI=1S/C37H47F3N6/c1-6-9-30-14-15-35(23-31(30)13-12-28-10-8-11-36(42-24-28)44-34(7-2)25-41-4)43-27(3)32-20-29(21-33(22-32)37(38,39)40)26-46-18-16-45(5)17-19-46/h7,10-11,14-15,20-25,43-44H,3,6,8-9,12-13,16-19,26H2,1-2,4-5H3/b34-7+,41-25?. The van der Waals surface area contributed by atoms with E-state index in [4.69, 9.17) is 0 Å². The smallest absolute Gasteiger partial charge is 0.356 e. The van der Waals surface area contributed by atoms with E-state index in [1.54, 1.807) is 13.3 Å². The van der Waals surface area contributed by atoms with E-state index in [2.05, 4.69) is 75.3 Å². The van der Waals surface area contributed by atoms with Gasteiger partial charge in [0.1, 0.15) is 5.82 Å². The number of likely N-dealkylation sites (N-methyl/N-ethyl adjacent to an activating group) is 1. The molecule has 0 atom stereocenters. The third kappa shape index (κ3) is 10.3. The molecule has 0 saturated carbocycles. The van der Waals surface area contributed by atoms with Crippen LogP contribution in [-0.4, -0.2) is 62.5 Å². The molecule has 2 heterocycles. The number of benzene rings is 2. The number of aliphatic imine (C=N–C) groups is 2. The number of aryl methyl sites for hydroxylation is 2. The molecule has 2 N–H and O–H groups in total. The normalized spacial score (nSPS) is 16.7. The van der Waals surface area contributed by atoms with Gasteiger partial charge in [-0.1, -0.05) is 38.1 Å². The summed E-state index contributed by atoms with van der Waals surface area (Å²) in [6.07, 6.45) is 9.82. The number of anilines is 1. The minimum absolute atomic E-state index is 0.443. The Morgan fingerprint density at radius 3 is 2.48 bits per heavy atom. The number of allylic oxidation sites excluding steroid dienone is 5. The fourth-order valence-electron chi connectivity index (χ4n) is 5.66. The Bertz CT molecular complexity index is 1510.